The summed E-state index contributed by atoms with van der Waals surface area (Å²) in [6, 6.07) is 7.97. The molecule has 1 aromatic carbocycles. The third-order valence-electron chi connectivity index (χ3n) is 3.55. The van der Waals surface area contributed by atoms with Crippen molar-refractivity contribution < 1.29 is 0 Å². The van der Waals surface area contributed by atoms with Gasteiger partial charge in [-0.3, -0.25) is 9.58 Å². The number of hydrogen-bond donors (Lipinski definition) is 1. The van der Waals surface area contributed by atoms with E-state index < -0.39 is 0 Å². The second kappa shape index (κ2) is 6.29. The topological polar surface area (TPSA) is 47.1 Å². The molecule has 2 N–H and O–H groups in total. The first-order valence-corrected chi connectivity index (χ1v) is 7.14. The second-order valence-corrected chi connectivity index (χ2v) is 5.34. The van der Waals surface area contributed by atoms with Gasteiger partial charge in [0.1, 0.15) is 5.15 Å². The fraction of sp³-hybridized carbons (Fsp3) is 0.400. The lowest BCUT2D eigenvalue weighted by Crippen LogP contribution is -2.23. The van der Waals surface area contributed by atoms with Gasteiger partial charge in [-0.05, 0) is 25.1 Å². The molecule has 0 atom stereocenters. The third-order valence-corrected chi connectivity index (χ3v) is 4.02. The molecule has 4 nitrogen and oxygen atoms in total. The van der Waals surface area contributed by atoms with E-state index in [9.17, 15) is 0 Å². The summed E-state index contributed by atoms with van der Waals surface area (Å²) in [6.45, 7) is 6.65. The Hall–Kier alpha value is -1.52. The van der Waals surface area contributed by atoms with Crippen LogP contribution in [0.1, 0.15) is 23.7 Å². The highest BCUT2D eigenvalue weighted by Crippen LogP contribution is 2.22. The van der Waals surface area contributed by atoms with Crippen LogP contribution in [0.3, 0.4) is 0 Å². The van der Waals surface area contributed by atoms with Crippen LogP contribution < -0.4 is 5.73 Å². The number of nitrogen functional groups attached to an aromatic ring is 1. The molecule has 0 fully saturated rings. The van der Waals surface area contributed by atoms with E-state index in [0.717, 1.165) is 42.1 Å². The van der Waals surface area contributed by atoms with Crippen LogP contribution in [0.25, 0.3) is 0 Å². The van der Waals surface area contributed by atoms with Gasteiger partial charge in [-0.1, -0.05) is 36.7 Å². The second-order valence-electron chi connectivity index (χ2n) is 4.98. The minimum atomic E-state index is 0.710. The van der Waals surface area contributed by atoms with Crippen molar-refractivity contribution in [3.63, 3.8) is 0 Å². The van der Waals surface area contributed by atoms with Gasteiger partial charge in [0.05, 0.1) is 5.69 Å². The quantitative estimate of drug-likeness (QED) is 0.862. The van der Waals surface area contributed by atoms with Crippen molar-refractivity contribution >= 4 is 17.3 Å². The number of anilines is 1. The first-order valence-electron chi connectivity index (χ1n) is 6.76. The Morgan fingerprint density at radius 2 is 2.00 bits per heavy atom. The number of rotatable bonds is 5. The molecule has 0 amide bonds. The summed E-state index contributed by atoms with van der Waals surface area (Å²) in [7, 11) is 1.87. The van der Waals surface area contributed by atoms with E-state index in [1.807, 2.05) is 32.2 Å². The summed E-state index contributed by atoms with van der Waals surface area (Å²) in [4.78, 5) is 2.31. The average Bonchev–Trinajstić information content (AvgIpc) is 2.66. The van der Waals surface area contributed by atoms with Gasteiger partial charge in [-0.15, -0.1) is 0 Å². The first kappa shape index (κ1) is 14.9. The molecular formula is C15H21ClN4. The maximum Gasteiger partial charge on any atom is 0.131 e. The molecule has 0 aliphatic carbocycles. The molecule has 1 heterocycles. The Labute approximate surface area is 125 Å². The van der Waals surface area contributed by atoms with E-state index >= 15 is 0 Å². The summed E-state index contributed by atoms with van der Waals surface area (Å²) in [5.74, 6) is 0. The van der Waals surface area contributed by atoms with Crippen molar-refractivity contribution in [1.82, 2.24) is 14.7 Å². The smallest absolute Gasteiger partial charge is 0.131 e. The molecule has 1 aromatic heterocycles. The minimum Gasteiger partial charge on any atom is -0.398 e. The predicted octanol–water partition coefficient (Wildman–Crippen LogP) is 2.99. The van der Waals surface area contributed by atoms with E-state index in [1.165, 1.54) is 0 Å². The van der Waals surface area contributed by atoms with Crippen LogP contribution in [0.4, 0.5) is 5.69 Å². The molecule has 0 aliphatic rings. The molecule has 2 rings (SSSR count). The van der Waals surface area contributed by atoms with Crippen LogP contribution in [0.15, 0.2) is 24.3 Å². The van der Waals surface area contributed by atoms with Crippen LogP contribution in [0.2, 0.25) is 5.15 Å². The first-order chi connectivity index (χ1) is 9.52. The van der Waals surface area contributed by atoms with Crippen molar-refractivity contribution in [3.05, 3.63) is 46.2 Å². The lowest BCUT2D eigenvalue weighted by Gasteiger charge is -2.21. The van der Waals surface area contributed by atoms with Crippen molar-refractivity contribution in [2.75, 3.05) is 12.3 Å². The normalized spacial score (nSPS) is 11.2. The predicted molar refractivity (Wildman–Crippen MR) is 83.6 cm³/mol. The lowest BCUT2D eigenvalue weighted by atomic mass is 10.1. The fourth-order valence-corrected chi connectivity index (χ4v) is 2.51. The molecule has 0 saturated carbocycles. The van der Waals surface area contributed by atoms with Gasteiger partial charge in [0, 0.05) is 31.4 Å². The van der Waals surface area contributed by atoms with Crippen LogP contribution in [0, 0.1) is 6.92 Å². The van der Waals surface area contributed by atoms with Crippen molar-refractivity contribution in [3.8, 4) is 0 Å². The Balaban J connectivity index is 2.15. The van der Waals surface area contributed by atoms with Gasteiger partial charge in [0.2, 0.25) is 0 Å². The summed E-state index contributed by atoms with van der Waals surface area (Å²) in [5, 5.41) is 5.07. The molecule has 0 unspecified atom stereocenters. The minimum absolute atomic E-state index is 0.710. The molecule has 20 heavy (non-hydrogen) atoms. The Bertz CT molecular complexity index is 592. The van der Waals surface area contributed by atoms with E-state index in [0.29, 0.717) is 5.15 Å². The van der Waals surface area contributed by atoms with Gasteiger partial charge < -0.3 is 5.73 Å². The molecule has 0 spiro atoms. The van der Waals surface area contributed by atoms with Crippen LogP contribution in [-0.4, -0.2) is 21.2 Å². The molecule has 0 radical (unpaired) electrons. The van der Waals surface area contributed by atoms with Crippen molar-refractivity contribution in [2.24, 2.45) is 7.05 Å². The highest BCUT2D eigenvalue weighted by atomic mass is 35.5. The van der Waals surface area contributed by atoms with E-state index in [4.69, 9.17) is 17.3 Å². The molecule has 0 aliphatic heterocycles. The molecule has 108 valence electrons. The van der Waals surface area contributed by atoms with Crippen LogP contribution in [-0.2, 0) is 20.1 Å². The highest BCUT2D eigenvalue weighted by Gasteiger charge is 2.15. The number of nitrogens with zero attached hydrogens (tertiary/aromatic N) is 3. The molecule has 5 heteroatoms. The van der Waals surface area contributed by atoms with E-state index in [1.54, 1.807) is 4.68 Å². The zero-order chi connectivity index (χ0) is 14.7. The number of benzene rings is 1. The van der Waals surface area contributed by atoms with Gasteiger partial charge in [0.25, 0.3) is 0 Å². The largest absolute Gasteiger partial charge is 0.398 e. The summed E-state index contributed by atoms with van der Waals surface area (Å²) >= 11 is 6.30. The van der Waals surface area contributed by atoms with Gasteiger partial charge in [-0.25, -0.2) is 0 Å². The number of hydrogen-bond acceptors (Lipinski definition) is 3. The Morgan fingerprint density at radius 3 is 2.55 bits per heavy atom. The summed E-state index contributed by atoms with van der Waals surface area (Å²) < 4.78 is 1.72. The molecule has 2 aromatic rings. The van der Waals surface area contributed by atoms with Gasteiger partial charge in [-0.2, -0.15) is 5.10 Å². The standard InChI is InChI=1S/C15H21ClN4/c1-4-20(9-12-7-5-6-8-14(12)17)10-13-11(2)18-19(3)15(13)16/h5-8H,4,9-10,17H2,1-3H3. The number of halogens is 1. The van der Waals surface area contributed by atoms with Gasteiger partial charge in [0.15, 0.2) is 0 Å². The highest BCUT2D eigenvalue weighted by molar-refractivity contribution is 6.30. The SMILES string of the molecule is CCN(Cc1ccccc1N)Cc1c(C)nn(C)c1Cl. The fourth-order valence-electron chi connectivity index (χ4n) is 2.28. The molecular weight excluding hydrogens is 272 g/mol. The average molecular weight is 293 g/mol. The van der Waals surface area contributed by atoms with Crippen LogP contribution >= 0.6 is 11.6 Å². The summed E-state index contributed by atoms with van der Waals surface area (Å²) in [5.41, 5.74) is 10.1. The maximum atomic E-state index is 6.30. The number of aromatic nitrogens is 2. The number of nitrogens with two attached hydrogens (primary N) is 1. The maximum absolute atomic E-state index is 6.30. The zero-order valence-electron chi connectivity index (χ0n) is 12.2. The van der Waals surface area contributed by atoms with Gasteiger partial charge >= 0.3 is 0 Å². The lowest BCUT2D eigenvalue weighted by molar-refractivity contribution is 0.271. The van der Waals surface area contributed by atoms with E-state index in [-0.39, 0.29) is 0 Å². The Morgan fingerprint density at radius 1 is 1.30 bits per heavy atom. The Kier molecular flexibility index (Phi) is 4.68. The third kappa shape index (κ3) is 3.14. The summed E-state index contributed by atoms with van der Waals surface area (Å²) in [6.07, 6.45) is 0. The number of para-hydroxylation sites is 1. The van der Waals surface area contributed by atoms with Crippen molar-refractivity contribution in [1.29, 1.82) is 0 Å². The molecule has 0 saturated heterocycles. The number of aryl methyl sites for hydroxylation is 2. The monoisotopic (exact) mass is 292 g/mol. The van der Waals surface area contributed by atoms with E-state index in [2.05, 4.69) is 23.0 Å². The van der Waals surface area contributed by atoms with Crippen LogP contribution in [0.5, 0.6) is 0 Å². The zero-order valence-corrected chi connectivity index (χ0v) is 13.0. The van der Waals surface area contributed by atoms with Crippen molar-refractivity contribution in [2.45, 2.75) is 26.9 Å². The molecule has 0 bridgehead atoms.